The van der Waals surface area contributed by atoms with E-state index in [0.29, 0.717) is 13.0 Å². The van der Waals surface area contributed by atoms with E-state index in [1.54, 1.807) is 0 Å². The fraction of sp³-hybridized carbons (Fsp3) is 0.529. The molecule has 0 aromatic heterocycles. The van der Waals surface area contributed by atoms with E-state index in [-0.39, 0.29) is 11.8 Å². The predicted molar refractivity (Wildman–Crippen MR) is 82.3 cm³/mol. The Bertz CT molecular complexity index is 573. The number of carbonyl (C=O) groups is 2. The van der Waals surface area contributed by atoms with Gasteiger partial charge >= 0.3 is 5.97 Å². The minimum atomic E-state index is -0.855. The molecule has 118 valence electrons. The molecule has 0 spiro atoms. The number of benzene rings is 1. The van der Waals surface area contributed by atoms with Crippen LogP contribution < -0.4 is 5.32 Å². The third kappa shape index (κ3) is 3.47. The molecule has 1 aliphatic carbocycles. The molecule has 5 nitrogen and oxygen atoms in total. The highest BCUT2D eigenvalue weighted by Crippen LogP contribution is 2.38. The van der Waals surface area contributed by atoms with Crippen LogP contribution in [0.1, 0.15) is 24.0 Å². The molecular weight excluding hydrogens is 280 g/mol. The molecule has 3 rings (SSSR count). The van der Waals surface area contributed by atoms with E-state index in [1.807, 2.05) is 0 Å². The largest absolute Gasteiger partial charge is 0.481 e. The average Bonchev–Trinajstić information content (AvgIpc) is 3.32. The number of carbonyl (C=O) groups excluding carboxylic acids is 1. The lowest BCUT2D eigenvalue weighted by atomic mass is 10.00. The van der Waals surface area contributed by atoms with Gasteiger partial charge in [-0.2, -0.15) is 0 Å². The summed E-state index contributed by atoms with van der Waals surface area (Å²) in [4.78, 5) is 24.9. The van der Waals surface area contributed by atoms with Crippen molar-refractivity contribution in [2.24, 2.45) is 11.8 Å². The van der Waals surface area contributed by atoms with Crippen LogP contribution in [0.25, 0.3) is 0 Å². The van der Waals surface area contributed by atoms with Gasteiger partial charge in [-0.1, -0.05) is 24.3 Å². The minimum absolute atomic E-state index is 0.101. The van der Waals surface area contributed by atoms with Crippen LogP contribution in [0.15, 0.2) is 24.3 Å². The molecule has 0 radical (unpaired) electrons. The third-order valence-electron chi connectivity index (χ3n) is 4.60. The van der Waals surface area contributed by atoms with Gasteiger partial charge in [-0.15, -0.1) is 0 Å². The van der Waals surface area contributed by atoms with Gasteiger partial charge in [-0.25, -0.2) is 0 Å². The molecule has 1 aromatic rings. The van der Waals surface area contributed by atoms with E-state index in [4.69, 9.17) is 5.11 Å². The lowest BCUT2D eigenvalue weighted by Crippen LogP contribution is -2.34. The second kappa shape index (κ2) is 6.48. The van der Waals surface area contributed by atoms with Gasteiger partial charge in [0, 0.05) is 26.2 Å². The van der Waals surface area contributed by atoms with E-state index in [0.717, 1.165) is 32.5 Å². The fourth-order valence-electron chi connectivity index (χ4n) is 3.15. The zero-order valence-electron chi connectivity index (χ0n) is 12.6. The van der Waals surface area contributed by atoms with E-state index in [2.05, 4.69) is 34.5 Å². The molecule has 2 N–H and O–H groups in total. The molecule has 2 aliphatic rings. The number of nitrogens with one attached hydrogen (secondary N) is 1. The second-order valence-electron chi connectivity index (χ2n) is 6.23. The van der Waals surface area contributed by atoms with Crippen molar-refractivity contribution in [3.63, 3.8) is 0 Å². The molecule has 1 aliphatic heterocycles. The van der Waals surface area contributed by atoms with Gasteiger partial charge in [0.1, 0.15) is 0 Å². The van der Waals surface area contributed by atoms with Gasteiger partial charge < -0.3 is 10.4 Å². The van der Waals surface area contributed by atoms with E-state index < -0.39 is 11.9 Å². The summed E-state index contributed by atoms with van der Waals surface area (Å²) in [7, 11) is 0. The maximum absolute atomic E-state index is 11.7. The van der Waals surface area contributed by atoms with E-state index >= 15 is 0 Å². The zero-order valence-corrected chi connectivity index (χ0v) is 12.6. The molecule has 5 heteroatoms. The molecule has 1 heterocycles. The number of hydrogen-bond donors (Lipinski definition) is 2. The number of fused-ring (bicyclic) bond motifs is 1. The summed E-state index contributed by atoms with van der Waals surface area (Å²) in [5, 5.41) is 11.7. The minimum Gasteiger partial charge on any atom is -0.481 e. The molecular formula is C17H22N2O3. The smallest absolute Gasteiger partial charge is 0.307 e. The molecule has 0 bridgehead atoms. The Labute approximate surface area is 130 Å². The second-order valence-corrected chi connectivity index (χ2v) is 6.23. The number of nitrogens with zero attached hydrogens (tertiary/aromatic N) is 1. The highest BCUT2D eigenvalue weighted by molar-refractivity contribution is 5.89. The highest BCUT2D eigenvalue weighted by Gasteiger charge is 2.48. The summed E-state index contributed by atoms with van der Waals surface area (Å²) in [6, 6.07) is 8.55. The van der Waals surface area contributed by atoms with Gasteiger partial charge in [0.25, 0.3) is 0 Å². The lowest BCUT2D eigenvalue weighted by Gasteiger charge is -2.28. The Balaban J connectivity index is 1.35. The molecule has 2 atom stereocenters. The summed E-state index contributed by atoms with van der Waals surface area (Å²) < 4.78 is 0. The van der Waals surface area contributed by atoms with Crippen LogP contribution in [0.4, 0.5) is 0 Å². The molecule has 1 fully saturated rings. The van der Waals surface area contributed by atoms with Crippen molar-refractivity contribution in [1.29, 1.82) is 0 Å². The molecule has 1 amide bonds. The summed E-state index contributed by atoms with van der Waals surface area (Å²) in [6.07, 6.45) is 2.48. The van der Waals surface area contributed by atoms with Crippen LogP contribution in [0.2, 0.25) is 0 Å². The van der Waals surface area contributed by atoms with Gasteiger partial charge in [0.15, 0.2) is 0 Å². The Hall–Kier alpha value is -1.88. The van der Waals surface area contributed by atoms with Crippen LogP contribution in [0, 0.1) is 11.8 Å². The number of hydrogen-bond acceptors (Lipinski definition) is 3. The summed E-state index contributed by atoms with van der Waals surface area (Å²) >= 11 is 0. The first-order valence-electron chi connectivity index (χ1n) is 7.95. The van der Waals surface area contributed by atoms with Crippen LogP contribution in [0.3, 0.4) is 0 Å². The first kappa shape index (κ1) is 15.0. The molecule has 1 saturated carbocycles. The summed E-state index contributed by atoms with van der Waals surface area (Å²) in [5.74, 6) is -1.72. The van der Waals surface area contributed by atoms with Gasteiger partial charge in [0.2, 0.25) is 5.91 Å². The van der Waals surface area contributed by atoms with Gasteiger partial charge in [-0.05, 0) is 30.4 Å². The Morgan fingerprint density at radius 2 is 2.00 bits per heavy atom. The number of carboxylic acid groups (broad SMARTS) is 1. The van der Waals surface area contributed by atoms with Crippen molar-refractivity contribution >= 4 is 11.9 Å². The molecule has 22 heavy (non-hydrogen) atoms. The van der Waals surface area contributed by atoms with Crippen molar-refractivity contribution < 1.29 is 14.7 Å². The lowest BCUT2D eigenvalue weighted by molar-refractivity contribution is -0.140. The standard InChI is InChI=1S/C17H22N2O3/c20-16(14-10-15(14)17(21)22)18-7-3-8-19-9-6-12-4-1-2-5-13(12)11-19/h1-2,4-5,14-15H,3,6-11H2,(H,18,20)(H,21,22)/t14-,15-/m1/s1. The average molecular weight is 302 g/mol. The zero-order chi connectivity index (χ0) is 15.5. The van der Waals surface area contributed by atoms with Gasteiger partial charge in [0.05, 0.1) is 11.8 Å². The number of carboxylic acids is 1. The van der Waals surface area contributed by atoms with Crippen molar-refractivity contribution in [2.45, 2.75) is 25.8 Å². The maximum Gasteiger partial charge on any atom is 0.307 e. The topological polar surface area (TPSA) is 69.6 Å². The Morgan fingerprint density at radius 1 is 1.23 bits per heavy atom. The normalized spacial score (nSPS) is 23.6. The van der Waals surface area contributed by atoms with Crippen molar-refractivity contribution in [3.8, 4) is 0 Å². The highest BCUT2D eigenvalue weighted by atomic mass is 16.4. The quantitative estimate of drug-likeness (QED) is 0.777. The first-order valence-corrected chi connectivity index (χ1v) is 7.95. The third-order valence-corrected chi connectivity index (χ3v) is 4.60. The number of aliphatic carboxylic acids is 1. The molecule has 0 saturated heterocycles. The van der Waals surface area contributed by atoms with Crippen LogP contribution in [-0.2, 0) is 22.6 Å². The summed E-state index contributed by atoms with van der Waals surface area (Å²) in [5.41, 5.74) is 2.85. The maximum atomic E-state index is 11.7. The van der Waals surface area contributed by atoms with Gasteiger partial charge in [-0.3, -0.25) is 14.5 Å². The van der Waals surface area contributed by atoms with Crippen molar-refractivity contribution in [3.05, 3.63) is 35.4 Å². The summed E-state index contributed by atoms with van der Waals surface area (Å²) in [6.45, 7) is 3.63. The fourth-order valence-corrected chi connectivity index (χ4v) is 3.15. The predicted octanol–water partition coefficient (Wildman–Crippen LogP) is 1.27. The van der Waals surface area contributed by atoms with Crippen LogP contribution >= 0.6 is 0 Å². The first-order chi connectivity index (χ1) is 10.6. The van der Waals surface area contributed by atoms with E-state index in [9.17, 15) is 9.59 Å². The van der Waals surface area contributed by atoms with Crippen LogP contribution in [0.5, 0.6) is 0 Å². The Kier molecular flexibility index (Phi) is 4.43. The number of rotatable bonds is 6. The van der Waals surface area contributed by atoms with E-state index in [1.165, 1.54) is 11.1 Å². The van der Waals surface area contributed by atoms with Crippen LogP contribution in [-0.4, -0.2) is 41.5 Å². The van der Waals surface area contributed by atoms with Crippen molar-refractivity contribution in [1.82, 2.24) is 10.2 Å². The van der Waals surface area contributed by atoms with Crippen molar-refractivity contribution in [2.75, 3.05) is 19.6 Å². The molecule has 1 aromatic carbocycles. The SMILES string of the molecule is O=C(O)[C@@H]1C[C@H]1C(=O)NCCCN1CCc2ccccc2C1. The number of amides is 1. The monoisotopic (exact) mass is 302 g/mol. The molecule has 0 unspecified atom stereocenters. The Morgan fingerprint density at radius 3 is 2.73 bits per heavy atom.